The Labute approximate surface area is 211 Å². The summed E-state index contributed by atoms with van der Waals surface area (Å²) in [5.74, 6) is 0.983. The molecule has 0 bridgehead atoms. The molecule has 0 radical (unpaired) electrons. The number of rotatable bonds is 7. The first-order valence-electron chi connectivity index (χ1n) is 13.1. The molecule has 194 valence electrons. The van der Waals surface area contributed by atoms with Crippen molar-refractivity contribution in [2.45, 2.75) is 66.9 Å². The summed E-state index contributed by atoms with van der Waals surface area (Å²) in [6.45, 7) is 15.0. The summed E-state index contributed by atoms with van der Waals surface area (Å²) >= 11 is 0. The molecule has 6 heteroatoms. The van der Waals surface area contributed by atoms with E-state index in [0.29, 0.717) is 42.4 Å². The predicted octanol–water partition coefficient (Wildman–Crippen LogP) is 6.73. The number of fused-ring (bicyclic) bond motifs is 1. The van der Waals surface area contributed by atoms with Crippen LogP contribution in [0, 0.1) is 11.7 Å². The van der Waals surface area contributed by atoms with Crippen molar-refractivity contribution in [1.82, 2.24) is 0 Å². The van der Waals surface area contributed by atoms with Gasteiger partial charge in [-0.1, -0.05) is 34.6 Å². The van der Waals surface area contributed by atoms with E-state index in [2.05, 4.69) is 11.8 Å². The molecule has 0 N–H and O–H groups in total. The fourth-order valence-corrected chi connectivity index (χ4v) is 4.34. The van der Waals surface area contributed by atoms with Gasteiger partial charge in [-0.25, -0.2) is 4.39 Å². The lowest BCUT2D eigenvalue weighted by atomic mass is 9.98. The number of hydrogen-bond donors (Lipinski definition) is 0. The quantitative estimate of drug-likeness (QED) is 0.435. The fraction of sp³-hybridized carbons (Fsp3) is 0.552. The summed E-state index contributed by atoms with van der Waals surface area (Å²) in [4.78, 5) is 16.9. The molecule has 2 aromatic carbocycles. The third-order valence-electron chi connectivity index (χ3n) is 6.36. The van der Waals surface area contributed by atoms with Crippen LogP contribution in [-0.2, 0) is 11.2 Å². The highest BCUT2D eigenvalue weighted by atomic mass is 19.1. The topological polar surface area (TPSA) is 42.0 Å². The minimum absolute atomic E-state index is 0.0947. The number of carbonyl (C=O) groups is 1. The Morgan fingerprint density at radius 2 is 1.83 bits per heavy atom. The standard InChI is InChI=1S/C25H31FN2O3.2C2H6/c1-17-8-11-27(16-17)24-7-4-20(15-23(24)26)28-12-9-19-14-21(5-6-22(19)25(28)29)31-13-10-18(2)30-3;2*1-2/h4-7,14-15,17-18H,8-13,16H2,1-3H3;2*1-2H3. The van der Waals surface area contributed by atoms with Crippen molar-refractivity contribution >= 4 is 17.3 Å². The van der Waals surface area contributed by atoms with E-state index in [4.69, 9.17) is 9.47 Å². The maximum Gasteiger partial charge on any atom is 0.258 e. The van der Waals surface area contributed by atoms with Crippen molar-refractivity contribution < 1.29 is 18.7 Å². The van der Waals surface area contributed by atoms with Crippen LogP contribution in [0.5, 0.6) is 5.75 Å². The third kappa shape index (κ3) is 7.20. The van der Waals surface area contributed by atoms with Crippen LogP contribution in [0.2, 0.25) is 0 Å². The molecule has 2 aliphatic heterocycles. The normalized spacial score (nSPS) is 17.6. The molecular formula is C29H43FN2O3. The second-order valence-electron chi connectivity index (χ2n) is 8.68. The van der Waals surface area contributed by atoms with Gasteiger partial charge in [-0.05, 0) is 67.6 Å². The summed E-state index contributed by atoms with van der Waals surface area (Å²) in [6.07, 6.45) is 2.74. The Morgan fingerprint density at radius 1 is 1.09 bits per heavy atom. The average Bonchev–Trinajstić information content (AvgIpc) is 3.32. The second-order valence-corrected chi connectivity index (χ2v) is 8.68. The van der Waals surface area contributed by atoms with Gasteiger partial charge in [0.25, 0.3) is 5.91 Å². The number of nitrogens with zero attached hydrogens (tertiary/aromatic N) is 2. The number of benzene rings is 2. The zero-order valence-corrected chi connectivity index (χ0v) is 22.6. The highest BCUT2D eigenvalue weighted by Crippen LogP contribution is 2.32. The average molecular weight is 487 g/mol. The van der Waals surface area contributed by atoms with Gasteiger partial charge in [0.15, 0.2) is 0 Å². The number of ether oxygens (including phenoxy) is 2. The Balaban J connectivity index is 0.00000103. The van der Waals surface area contributed by atoms with Crippen molar-refractivity contribution in [3.05, 3.63) is 53.3 Å². The highest BCUT2D eigenvalue weighted by molar-refractivity contribution is 6.08. The summed E-state index contributed by atoms with van der Waals surface area (Å²) in [6, 6.07) is 10.8. The maximum atomic E-state index is 14.9. The maximum absolute atomic E-state index is 14.9. The molecular weight excluding hydrogens is 443 g/mol. The first-order chi connectivity index (χ1) is 17.0. The van der Waals surface area contributed by atoms with Gasteiger partial charge in [0, 0.05) is 44.4 Å². The molecule has 1 saturated heterocycles. The Bertz CT molecular complexity index is 950. The molecule has 5 nitrogen and oxygen atoms in total. The molecule has 0 aliphatic carbocycles. The molecule has 4 rings (SSSR count). The predicted molar refractivity (Wildman–Crippen MR) is 143 cm³/mol. The van der Waals surface area contributed by atoms with E-state index in [9.17, 15) is 9.18 Å². The van der Waals surface area contributed by atoms with Gasteiger partial charge in [0.1, 0.15) is 11.6 Å². The van der Waals surface area contributed by atoms with Gasteiger partial charge >= 0.3 is 0 Å². The lowest BCUT2D eigenvalue weighted by Gasteiger charge is -2.29. The van der Waals surface area contributed by atoms with Crippen LogP contribution < -0.4 is 14.5 Å². The van der Waals surface area contributed by atoms with Crippen LogP contribution in [0.3, 0.4) is 0 Å². The number of amides is 1. The molecule has 2 heterocycles. The zero-order valence-electron chi connectivity index (χ0n) is 22.6. The van der Waals surface area contributed by atoms with E-state index in [-0.39, 0.29) is 17.8 Å². The van der Waals surface area contributed by atoms with E-state index in [1.54, 1.807) is 12.0 Å². The second kappa shape index (κ2) is 14.1. The minimum Gasteiger partial charge on any atom is -0.493 e. The van der Waals surface area contributed by atoms with Crippen LogP contribution in [-0.4, -0.2) is 45.4 Å². The lowest BCUT2D eigenvalue weighted by molar-refractivity contribution is 0.0955. The van der Waals surface area contributed by atoms with Gasteiger partial charge in [0.2, 0.25) is 0 Å². The number of methoxy groups -OCH3 is 1. The van der Waals surface area contributed by atoms with Gasteiger partial charge in [0.05, 0.1) is 18.4 Å². The van der Waals surface area contributed by atoms with Crippen LogP contribution in [0.15, 0.2) is 36.4 Å². The number of anilines is 2. The molecule has 35 heavy (non-hydrogen) atoms. The Morgan fingerprint density at radius 3 is 2.46 bits per heavy atom. The van der Waals surface area contributed by atoms with Gasteiger partial charge in [-0.2, -0.15) is 0 Å². The van der Waals surface area contributed by atoms with Crippen molar-refractivity contribution in [3.63, 3.8) is 0 Å². The summed E-state index contributed by atoms with van der Waals surface area (Å²) in [5.41, 5.74) is 2.86. The van der Waals surface area contributed by atoms with E-state index in [1.165, 1.54) is 6.07 Å². The molecule has 2 aromatic rings. The van der Waals surface area contributed by atoms with Gasteiger partial charge < -0.3 is 19.3 Å². The largest absolute Gasteiger partial charge is 0.493 e. The fourth-order valence-electron chi connectivity index (χ4n) is 4.34. The summed E-state index contributed by atoms with van der Waals surface area (Å²) in [5, 5.41) is 0. The molecule has 1 amide bonds. The van der Waals surface area contributed by atoms with Crippen molar-refractivity contribution in [2.75, 3.05) is 43.2 Å². The van der Waals surface area contributed by atoms with Crippen LogP contribution >= 0.6 is 0 Å². The van der Waals surface area contributed by atoms with E-state index < -0.39 is 0 Å². The highest BCUT2D eigenvalue weighted by Gasteiger charge is 2.27. The summed E-state index contributed by atoms with van der Waals surface area (Å²) < 4.78 is 25.9. The Hall–Kier alpha value is -2.60. The first-order valence-corrected chi connectivity index (χ1v) is 13.1. The molecule has 0 aromatic heterocycles. The number of hydrogen-bond acceptors (Lipinski definition) is 4. The minimum atomic E-state index is -0.265. The number of carbonyl (C=O) groups excluding carboxylic acids is 1. The monoisotopic (exact) mass is 486 g/mol. The van der Waals surface area contributed by atoms with Crippen molar-refractivity contribution in [2.24, 2.45) is 5.92 Å². The van der Waals surface area contributed by atoms with E-state index in [1.807, 2.05) is 65.0 Å². The smallest absolute Gasteiger partial charge is 0.258 e. The molecule has 2 atom stereocenters. The van der Waals surface area contributed by atoms with Crippen LogP contribution in [0.1, 0.15) is 70.3 Å². The van der Waals surface area contributed by atoms with Gasteiger partial charge in [-0.15, -0.1) is 0 Å². The molecule has 2 unspecified atom stereocenters. The van der Waals surface area contributed by atoms with Crippen LogP contribution in [0.4, 0.5) is 15.8 Å². The third-order valence-corrected chi connectivity index (χ3v) is 6.36. The zero-order chi connectivity index (χ0) is 26.0. The van der Waals surface area contributed by atoms with E-state index in [0.717, 1.165) is 37.2 Å². The van der Waals surface area contributed by atoms with E-state index >= 15 is 0 Å². The molecule has 0 saturated carbocycles. The first kappa shape index (κ1) is 28.6. The summed E-state index contributed by atoms with van der Waals surface area (Å²) in [7, 11) is 1.69. The molecule has 1 fully saturated rings. The van der Waals surface area contributed by atoms with Crippen LogP contribution in [0.25, 0.3) is 0 Å². The van der Waals surface area contributed by atoms with Gasteiger partial charge in [-0.3, -0.25) is 4.79 Å². The van der Waals surface area contributed by atoms with Crippen molar-refractivity contribution in [3.8, 4) is 5.75 Å². The van der Waals surface area contributed by atoms with Crippen molar-refractivity contribution in [1.29, 1.82) is 0 Å². The number of halogens is 1. The SMILES string of the molecule is CC.CC.COC(C)CCOc1ccc2c(c1)CCN(c1ccc(N3CCC(C)C3)c(F)c1)C2=O. The molecule has 2 aliphatic rings. The molecule has 0 spiro atoms. The lowest BCUT2D eigenvalue weighted by Crippen LogP contribution is -2.37. The Kier molecular flexibility index (Phi) is 11.5.